The van der Waals surface area contributed by atoms with Crippen LogP contribution in [0.15, 0.2) is 48.5 Å². The van der Waals surface area contributed by atoms with Gasteiger partial charge in [0.1, 0.15) is 5.75 Å². The van der Waals surface area contributed by atoms with Gasteiger partial charge in [0.15, 0.2) is 18.2 Å². The number of ether oxygens (including phenoxy) is 1. The molecule has 7 heteroatoms. The smallest absolute Gasteiger partial charge is 0.257 e. The van der Waals surface area contributed by atoms with E-state index in [4.69, 9.17) is 4.74 Å². The number of amides is 2. The second kappa shape index (κ2) is 9.27. The van der Waals surface area contributed by atoms with Crippen molar-refractivity contribution in [3.63, 3.8) is 0 Å². The van der Waals surface area contributed by atoms with E-state index in [9.17, 15) is 19.1 Å². The van der Waals surface area contributed by atoms with Crippen molar-refractivity contribution in [1.82, 2.24) is 10.6 Å². The van der Waals surface area contributed by atoms with E-state index in [1.54, 1.807) is 18.2 Å². The molecular weight excluding hydrogens is 327 g/mol. The van der Waals surface area contributed by atoms with Crippen LogP contribution in [0.25, 0.3) is 0 Å². The Morgan fingerprint density at radius 2 is 1.80 bits per heavy atom. The van der Waals surface area contributed by atoms with Gasteiger partial charge in [0.25, 0.3) is 11.8 Å². The summed E-state index contributed by atoms with van der Waals surface area (Å²) < 4.78 is 18.4. The molecule has 0 spiro atoms. The van der Waals surface area contributed by atoms with Crippen LogP contribution in [-0.4, -0.2) is 36.6 Å². The highest BCUT2D eigenvalue weighted by Crippen LogP contribution is 2.14. The Kier molecular flexibility index (Phi) is 6.76. The van der Waals surface area contributed by atoms with Crippen molar-refractivity contribution in [3.05, 3.63) is 59.9 Å². The van der Waals surface area contributed by atoms with Crippen LogP contribution in [0, 0.1) is 5.82 Å². The van der Waals surface area contributed by atoms with Gasteiger partial charge in [-0.25, -0.2) is 4.39 Å². The van der Waals surface area contributed by atoms with Crippen LogP contribution >= 0.6 is 0 Å². The zero-order valence-electron chi connectivity index (χ0n) is 13.5. The van der Waals surface area contributed by atoms with Gasteiger partial charge >= 0.3 is 0 Å². The van der Waals surface area contributed by atoms with Crippen molar-refractivity contribution in [1.29, 1.82) is 0 Å². The molecular formula is C18H19FN2O4. The fourth-order valence-corrected chi connectivity index (χ4v) is 2.02. The number of halogens is 1. The molecule has 0 heterocycles. The monoisotopic (exact) mass is 346 g/mol. The molecule has 0 aromatic heterocycles. The Morgan fingerprint density at radius 1 is 1.04 bits per heavy atom. The Balaban J connectivity index is 1.60. The van der Waals surface area contributed by atoms with Gasteiger partial charge in [0, 0.05) is 18.7 Å². The highest BCUT2D eigenvalue weighted by Gasteiger charge is 2.07. The predicted molar refractivity (Wildman–Crippen MR) is 90.0 cm³/mol. The molecule has 6 nitrogen and oxygen atoms in total. The van der Waals surface area contributed by atoms with Crippen molar-refractivity contribution in [2.45, 2.75) is 6.42 Å². The topological polar surface area (TPSA) is 87.7 Å². The van der Waals surface area contributed by atoms with Crippen molar-refractivity contribution in [2.75, 3.05) is 19.7 Å². The van der Waals surface area contributed by atoms with Crippen molar-refractivity contribution in [2.24, 2.45) is 0 Å². The number of nitrogens with one attached hydrogen (secondary N) is 2. The maximum absolute atomic E-state index is 13.3. The molecule has 2 aromatic rings. The quantitative estimate of drug-likeness (QED) is 0.637. The first-order valence-corrected chi connectivity index (χ1v) is 7.77. The number of benzene rings is 2. The van der Waals surface area contributed by atoms with Gasteiger partial charge in [-0.15, -0.1) is 0 Å². The first-order valence-electron chi connectivity index (χ1n) is 7.77. The second-order valence-electron chi connectivity index (χ2n) is 5.23. The van der Waals surface area contributed by atoms with Gasteiger partial charge in [-0.05, 0) is 36.8 Å². The summed E-state index contributed by atoms with van der Waals surface area (Å²) in [5.74, 6) is -1.15. The standard InChI is InChI=1S/C18H19FN2O4/c19-15-7-1-2-8-16(15)25-12-17(23)20-9-4-10-21-18(24)13-5-3-6-14(22)11-13/h1-3,5-8,11,22H,4,9-10,12H2,(H,20,23)(H,21,24). The lowest BCUT2D eigenvalue weighted by atomic mass is 10.2. The molecule has 2 amide bonds. The summed E-state index contributed by atoms with van der Waals surface area (Å²) in [7, 11) is 0. The number of carbonyl (C=O) groups excluding carboxylic acids is 2. The lowest BCUT2D eigenvalue weighted by Gasteiger charge is -2.09. The summed E-state index contributed by atoms with van der Waals surface area (Å²) in [5, 5.41) is 14.6. The van der Waals surface area contributed by atoms with Crippen LogP contribution in [0.5, 0.6) is 11.5 Å². The molecule has 0 saturated carbocycles. The van der Waals surface area contributed by atoms with Crippen molar-refractivity contribution in [3.8, 4) is 11.5 Å². The van der Waals surface area contributed by atoms with Crippen LogP contribution in [0.1, 0.15) is 16.8 Å². The summed E-state index contributed by atoms with van der Waals surface area (Å²) in [6, 6.07) is 11.9. The minimum atomic E-state index is -0.523. The third kappa shape index (κ3) is 6.14. The maximum Gasteiger partial charge on any atom is 0.257 e. The van der Waals surface area contributed by atoms with E-state index in [2.05, 4.69) is 10.6 Å². The number of para-hydroxylation sites is 1. The van der Waals surface area contributed by atoms with Gasteiger partial charge in [0.05, 0.1) is 0 Å². The highest BCUT2D eigenvalue weighted by atomic mass is 19.1. The molecule has 0 atom stereocenters. The molecule has 0 fully saturated rings. The average molecular weight is 346 g/mol. The Bertz CT molecular complexity index is 737. The number of hydrogen-bond donors (Lipinski definition) is 3. The molecule has 132 valence electrons. The number of aromatic hydroxyl groups is 1. The van der Waals surface area contributed by atoms with Gasteiger partial charge in [-0.3, -0.25) is 9.59 Å². The van der Waals surface area contributed by atoms with E-state index in [1.165, 1.54) is 30.3 Å². The lowest BCUT2D eigenvalue weighted by molar-refractivity contribution is -0.123. The Labute approximate surface area is 144 Å². The van der Waals surface area contributed by atoms with E-state index in [-0.39, 0.29) is 29.9 Å². The summed E-state index contributed by atoms with van der Waals surface area (Å²) in [4.78, 5) is 23.4. The first kappa shape index (κ1) is 18.3. The number of phenolic OH excluding ortho intramolecular Hbond substituents is 1. The average Bonchev–Trinajstić information content (AvgIpc) is 2.60. The van der Waals surface area contributed by atoms with E-state index in [1.807, 2.05) is 0 Å². The number of carbonyl (C=O) groups is 2. The van der Waals surface area contributed by atoms with Crippen LogP contribution < -0.4 is 15.4 Å². The largest absolute Gasteiger partial charge is 0.508 e. The van der Waals surface area contributed by atoms with Crippen LogP contribution in [-0.2, 0) is 4.79 Å². The molecule has 0 radical (unpaired) electrons. The Hall–Kier alpha value is -3.09. The zero-order valence-corrected chi connectivity index (χ0v) is 13.5. The van der Waals surface area contributed by atoms with Crippen molar-refractivity contribution >= 4 is 11.8 Å². The lowest BCUT2D eigenvalue weighted by Crippen LogP contribution is -2.32. The molecule has 0 bridgehead atoms. The van der Waals surface area contributed by atoms with E-state index < -0.39 is 5.82 Å². The fourth-order valence-electron chi connectivity index (χ4n) is 2.02. The van der Waals surface area contributed by atoms with Crippen LogP contribution in [0.3, 0.4) is 0 Å². The minimum Gasteiger partial charge on any atom is -0.508 e. The third-order valence-electron chi connectivity index (χ3n) is 3.27. The van der Waals surface area contributed by atoms with Gasteiger partial charge < -0.3 is 20.5 Å². The molecule has 2 aromatic carbocycles. The number of phenols is 1. The van der Waals surface area contributed by atoms with Gasteiger partial charge in [-0.1, -0.05) is 18.2 Å². The number of rotatable bonds is 8. The maximum atomic E-state index is 13.3. The fraction of sp³-hybridized carbons (Fsp3) is 0.222. The molecule has 3 N–H and O–H groups in total. The third-order valence-corrected chi connectivity index (χ3v) is 3.27. The normalized spacial score (nSPS) is 10.1. The predicted octanol–water partition coefficient (Wildman–Crippen LogP) is 1.85. The molecule has 2 rings (SSSR count). The van der Waals surface area contributed by atoms with E-state index in [0.29, 0.717) is 25.1 Å². The first-order chi connectivity index (χ1) is 12.1. The highest BCUT2D eigenvalue weighted by molar-refractivity contribution is 5.94. The zero-order chi connectivity index (χ0) is 18.1. The molecule has 0 aliphatic rings. The molecule has 0 aliphatic carbocycles. The number of hydrogen-bond acceptors (Lipinski definition) is 4. The minimum absolute atomic E-state index is 0.0229. The Morgan fingerprint density at radius 3 is 2.56 bits per heavy atom. The van der Waals surface area contributed by atoms with Gasteiger partial charge in [-0.2, -0.15) is 0 Å². The molecule has 25 heavy (non-hydrogen) atoms. The molecule has 0 aliphatic heterocycles. The van der Waals surface area contributed by atoms with Gasteiger partial charge in [0.2, 0.25) is 0 Å². The van der Waals surface area contributed by atoms with E-state index >= 15 is 0 Å². The summed E-state index contributed by atoms with van der Waals surface area (Å²) in [6.07, 6.45) is 0.524. The second-order valence-corrected chi connectivity index (χ2v) is 5.23. The van der Waals surface area contributed by atoms with E-state index in [0.717, 1.165) is 0 Å². The summed E-state index contributed by atoms with van der Waals surface area (Å²) in [6.45, 7) is 0.430. The van der Waals surface area contributed by atoms with Crippen molar-refractivity contribution < 1.29 is 23.8 Å². The molecule has 0 unspecified atom stereocenters. The summed E-state index contributed by atoms with van der Waals surface area (Å²) >= 11 is 0. The van der Waals surface area contributed by atoms with Crippen LogP contribution in [0.4, 0.5) is 4.39 Å². The SMILES string of the molecule is O=C(COc1ccccc1F)NCCCNC(=O)c1cccc(O)c1. The van der Waals surface area contributed by atoms with Crippen LogP contribution in [0.2, 0.25) is 0 Å². The molecule has 0 saturated heterocycles. The summed E-state index contributed by atoms with van der Waals surface area (Å²) in [5.41, 5.74) is 0.363.